The van der Waals surface area contributed by atoms with Crippen LogP contribution in [-0.4, -0.2) is 9.55 Å². The van der Waals surface area contributed by atoms with Crippen molar-refractivity contribution in [2.24, 2.45) is 0 Å². The standard InChI is InChI=1S/C16H16FN3/c1-10(2)20-15-6-4-3-5-14(15)19-16(20)12-9-11(18)7-8-13(12)17/h3-10H,18H2,1-2H3. The second-order valence-electron chi connectivity index (χ2n) is 5.13. The minimum Gasteiger partial charge on any atom is -0.399 e. The molecule has 102 valence electrons. The van der Waals surface area contributed by atoms with Gasteiger partial charge in [-0.3, -0.25) is 0 Å². The maximum Gasteiger partial charge on any atom is 0.144 e. The summed E-state index contributed by atoms with van der Waals surface area (Å²) in [6, 6.07) is 12.6. The summed E-state index contributed by atoms with van der Waals surface area (Å²) < 4.78 is 16.2. The van der Waals surface area contributed by atoms with E-state index in [2.05, 4.69) is 18.8 Å². The number of aromatic nitrogens is 2. The zero-order chi connectivity index (χ0) is 14.3. The second-order valence-corrected chi connectivity index (χ2v) is 5.13. The number of benzene rings is 2. The van der Waals surface area contributed by atoms with Crippen molar-refractivity contribution in [2.75, 3.05) is 5.73 Å². The molecule has 0 unspecified atom stereocenters. The summed E-state index contributed by atoms with van der Waals surface area (Å²) in [5.74, 6) is 0.308. The number of anilines is 1. The normalized spacial score (nSPS) is 11.4. The van der Waals surface area contributed by atoms with Crippen LogP contribution in [0.3, 0.4) is 0 Å². The molecule has 0 spiro atoms. The van der Waals surface area contributed by atoms with Gasteiger partial charge >= 0.3 is 0 Å². The summed E-state index contributed by atoms with van der Waals surface area (Å²) in [6.07, 6.45) is 0. The fraction of sp³-hybridized carbons (Fsp3) is 0.188. The van der Waals surface area contributed by atoms with E-state index >= 15 is 0 Å². The van der Waals surface area contributed by atoms with Crippen LogP contribution in [0.15, 0.2) is 42.5 Å². The van der Waals surface area contributed by atoms with Gasteiger partial charge in [-0.25, -0.2) is 9.37 Å². The quantitative estimate of drug-likeness (QED) is 0.714. The van der Waals surface area contributed by atoms with Gasteiger partial charge in [0.05, 0.1) is 16.6 Å². The highest BCUT2D eigenvalue weighted by Crippen LogP contribution is 2.30. The van der Waals surface area contributed by atoms with Crippen LogP contribution in [-0.2, 0) is 0 Å². The minimum atomic E-state index is -0.309. The summed E-state index contributed by atoms with van der Waals surface area (Å²) >= 11 is 0. The SMILES string of the molecule is CC(C)n1c(-c2cc(N)ccc2F)nc2ccccc21. The molecule has 0 aliphatic carbocycles. The highest BCUT2D eigenvalue weighted by atomic mass is 19.1. The van der Waals surface area contributed by atoms with Crippen LogP contribution in [0.25, 0.3) is 22.4 Å². The van der Waals surface area contributed by atoms with Crippen LogP contribution < -0.4 is 5.73 Å². The molecular weight excluding hydrogens is 253 g/mol. The van der Waals surface area contributed by atoms with Gasteiger partial charge in [0.2, 0.25) is 0 Å². The third kappa shape index (κ3) is 1.93. The first-order chi connectivity index (χ1) is 9.58. The van der Waals surface area contributed by atoms with E-state index in [1.54, 1.807) is 12.1 Å². The van der Waals surface area contributed by atoms with Crippen molar-refractivity contribution in [3.8, 4) is 11.4 Å². The summed E-state index contributed by atoms with van der Waals surface area (Å²) in [5, 5.41) is 0. The van der Waals surface area contributed by atoms with Gasteiger partial charge in [-0.2, -0.15) is 0 Å². The van der Waals surface area contributed by atoms with Gasteiger partial charge in [-0.1, -0.05) is 12.1 Å². The molecule has 0 aliphatic heterocycles. The van der Waals surface area contributed by atoms with Crippen LogP contribution in [0.1, 0.15) is 19.9 Å². The third-order valence-corrected chi connectivity index (χ3v) is 3.34. The Morgan fingerprint density at radius 1 is 1.15 bits per heavy atom. The first-order valence-corrected chi connectivity index (χ1v) is 6.60. The van der Waals surface area contributed by atoms with Crippen LogP contribution in [0.5, 0.6) is 0 Å². The number of nitrogens with two attached hydrogens (primary N) is 1. The van der Waals surface area contributed by atoms with Crippen molar-refractivity contribution in [3.63, 3.8) is 0 Å². The lowest BCUT2D eigenvalue weighted by Gasteiger charge is -2.13. The average molecular weight is 269 g/mol. The predicted octanol–water partition coefficient (Wildman–Crippen LogP) is 4.01. The molecular formula is C16H16FN3. The Labute approximate surface area is 116 Å². The van der Waals surface area contributed by atoms with Crippen LogP contribution in [0.4, 0.5) is 10.1 Å². The molecule has 0 atom stereocenters. The number of rotatable bonds is 2. The average Bonchev–Trinajstić information content (AvgIpc) is 2.80. The molecule has 0 radical (unpaired) electrons. The van der Waals surface area contributed by atoms with Gasteiger partial charge in [-0.15, -0.1) is 0 Å². The lowest BCUT2D eigenvalue weighted by atomic mass is 10.1. The van der Waals surface area contributed by atoms with Gasteiger partial charge in [0.15, 0.2) is 0 Å². The smallest absolute Gasteiger partial charge is 0.144 e. The fourth-order valence-corrected chi connectivity index (χ4v) is 2.47. The zero-order valence-electron chi connectivity index (χ0n) is 11.5. The molecule has 2 N–H and O–H groups in total. The highest BCUT2D eigenvalue weighted by Gasteiger charge is 2.17. The molecule has 3 rings (SSSR count). The number of fused-ring (bicyclic) bond motifs is 1. The lowest BCUT2D eigenvalue weighted by Crippen LogP contribution is -2.04. The van der Waals surface area contributed by atoms with Gasteiger partial charge < -0.3 is 10.3 Å². The van der Waals surface area contributed by atoms with Crippen LogP contribution in [0.2, 0.25) is 0 Å². The van der Waals surface area contributed by atoms with Crippen molar-refractivity contribution in [1.82, 2.24) is 9.55 Å². The molecule has 1 heterocycles. The molecule has 20 heavy (non-hydrogen) atoms. The third-order valence-electron chi connectivity index (χ3n) is 3.34. The fourth-order valence-electron chi connectivity index (χ4n) is 2.47. The Bertz CT molecular complexity index is 774. The van der Waals surface area contributed by atoms with Gasteiger partial charge in [-0.05, 0) is 44.2 Å². The summed E-state index contributed by atoms with van der Waals surface area (Å²) in [4.78, 5) is 4.57. The molecule has 0 bridgehead atoms. The van der Waals surface area contributed by atoms with E-state index in [0.717, 1.165) is 11.0 Å². The lowest BCUT2D eigenvalue weighted by molar-refractivity contribution is 0.608. The maximum absolute atomic E-state index is 14.1. The molecule has 0 aliphatic rings. The molecule has 0 saturated carbocycles. The van der Waals surface area contributed by atoms with E-state index < -0.39 is 0 Å². The molecule has 3 nitrogen and oxygen atoms in total. The molecule has 0 saturated heterocycles. The van der Waals surface area contributed by atoms with E-state index in [9.17, 15) is 4.39 Å². The minimum absolute atomic E-state index is 0.179. The number of hydrogen-bond acceptors (Lipinski definition) is 2. The number of para-hydroxylation sites is 2. The first kappa shape index (κ1) is 12.7. The number of hydrogen-bond donors (Lipinski definition) is 1. The van der Waals surface area contributed by atoms with E-state index in [1.165, 1.54) is 6.07 Å². The van der Waals surface area contributed by atoms with Crippen molar-refractivity contribution >= 4 is 16.7 Å². The summed E-state index contributed by atoms with van der Waals surface area (Å²) in [5.41, 5.74) is 8.61. The van der Waals surface area contributed by atoms with Crippen molar-refractivity contribution < 1.29 is 4.39 Å². The van der Waals surface area contributed by atoms with E-state index in [-0.39, 0.29) is 11.9 Å². The van der Waals surface area contributed by atoms with Gasteiger partial charge in [0, 0.05) is 11.7 Å². The molecule has 1 aromatic heterocycles. The van der Waals surface area contributed by atoms with Crippen molar-refractivity contribution in [3.05, 3.63) is 48.3 Å². The zero-order valence-corrected chi connectivity index (χ0v) is 11.5. The molecule has 0 amide bonds. The molecule has 0 fully saturated rings. The molecule has 2 aromatic carbocycles. The topological polar surface area (TPSA) is 43.8 Å². The van der Waals surface area contributed by atoms with Crippen LogP contribution in [0, 0.1) is 5.82 Å². The van der Waals surface area contributed by atoms with Crippen molar-refractivity contribution in [1.29, 1.82) is 0 Å². The van der Waals surface area contributed by atoms with Crippen LogP contribution >= 0.6 is 0 Å². The summed E-state index contributed by atoms with van der Waals surface area (Å²) in [6.45, 7) is 4.11. The Morgan fingerprint density at radius 3 is 2.65 bits per heavy atom. The predicted molar refractivity (Wildman–Crippen MR) is 79.9 cm³/mol. The van der Waals surface area contributed by atoms with Gasteiger partial charge in [0.1, 0.15) is 11.6 Å². The number of nitrogen functional groups attached to an aromatic ring is 1. The molecule has 4 heteroatoms. The summed E-state index contributed by atoms with van der Waals surface area (Å²) in [7, 11) is 0. The Morgan fingerprint density at radius 2 is 1.90 bits per heavy atom. The van der Waals surface area contributed by atoms with E-state index in [0.29, 0.717) is 17.1 Å². The number of nitrogens with zero attached hydrogens (tertiary/aromatic N) is 2. The molecule has 3 aromatic rings. The maximum atomic E-state index is 14.1. The van der Waals surface area contributed by atoms with E-state index in [1.807, 2.05) is 28.8 Å². The Kier molecular flexibility index (Phi) is 2.93. The number of imidazole rings is 1. The highest BCUT2D eigenvalue weighted by molar-refractivity contribution is 5.81. The largest absolute Gasteiger partial charge is 0.399 e. The monoisotopic (exact) mass is 269 g/mol. The second kappa shape index (κ2) is 4.63. The van der Waals surface area contributed by atoms with Crippen molar-refractivity contribution in [2.45, 2.75) is 19.9 Å². The first-order valence-electron chi connectivity index (χ1n) is 6.60. The number of halogens is 1. The Hall–Kier alpha value is -2.36. The van der Waals surface area contributed by atoms with E-state index in [4.69, 9.17) is 5.73 Å². The van der Waals surface area contributed by atoms with Gasteiger partial charge in [0.25, 0.3) is 0 Å². The Balaban J connectivity index is 2.35.